The highest BCUT2D eigenvalue weighted by Crippen LogP contribution is 2.36. The Kier molecular flexibility index (Phi) is 5.68. The topological polar surface area (TPSA) is 51.5 Å². The third-order valence-electron chi connectivity index (χ3n) is 6.10. The number of rotatable bonds is 5. The van der Waals surface area contributed by atoms with Crippen molar-refractivity contribution < 1.29 is 14.3 Å². The second-order valence-corrected chi connectivity index (χ2v) is 8.39. The summed E-state index contributed by atoms with van der Waals surface area (Å²) in [5, 5.41) is 0. The smallest absolute Gasteiger partial charge is 0.332 e. The van der Waals surface area contributed by atoms with Gasteiger partial charge in [0.15, 0.2) is 0 Å². The number of nitrogens with zero attached hydrogens (tertiary/aromatic N) is 2. The molecule has 1 amide bonds. The van der Waals surface area contributed by atoms with E-state index in [4.69, 9.17) is 4.74 Å². The number of carbonyl (C=O) groups excluding carboxylic acids is 2. The molecule has 1 aliphatic rings. The first-order valence-corrected chi connectivity index (χ1v) is 10.6. The zero-order chi connectivity index (χ0) is 22.0. The summed E-state index contributed by atoms with van der Waals surface area (Å²) in [5.74, 6) is -0.462. The molecule has 0 bridgehead atoms. The Morgan fingerprint density at radius 3 is 2.26 bits per heavy atom. The van der Waals surface area contributed by atoms with E-state index < -0.39 is 5.54 Å². The summed E-state index contributed by atoms with van der Waals surface area (Å²) in [7, 11) is 1.40. The summed E-state index contributed by atoms with van der Waals surface area (Å²) in [4.78, 5) is 28.3. The minimum atomic E-state index is -0.988. The molecule has 1 aromatic heterocycles. The Labute approximate surface area is 183 Å². The summed E-state index contributed by atoms with van der Waals surface area (Å²) < 4.78 is 7.25. The van der Waals surface area contributed by atoms with Crippen molar-refractivity contribution in [2.24, 2.45) is 0 Å². The van der Waals surface area contributed by atoms with E-state index in [0.29, 0.717) is 24.9 Å². The van der Waals surface area contributed by atoms with Gasteiger partial charge in [-0.15, -0.1) is 0 Å². The number of methoxy groups -OCH3 is 1. The molecule has 31 heavy (non-hydrogen) atoms. The van der Waals surface area contributed by atoms with Gasteiger partial charge in [0.05, 0.1) is 7.11 Å². The highest BCUT2D eigenvalue weighted by Gasteiger charge is 2.50. The zero-order valence-corrected chi connectivity index (χ0v) is 18.3. The number of likely N-dealkylation sites (tertiary alicyclic amines) is 1. The maximum atomic E-state index is 13.5. The van der Waals surface area contributed by atoms with E-state index >= 15 is 0 Å². The van der Waals surface area contributed by atoms with Gasteiger partial charge in [0.2, 0.25) is 0 Å². The van der Waals surface area contributed by atoms with Gasteiger partial charge in [-0.1, -0.05) is 29.3 Å². The Morgan fingerprint density at radius 1 is 1.00 bits per heavy atom. The molecule has 0 radical (unpaired) electrons. The molecule has 0 spiro atoms. The van der Waals surface area contributed by atoms with Crippen LogP contribution in [0.3, 0.4) is 0 Å². The molecule has 3 aromatic rings. The van der Waals surface area contributed by atoms with Gasteiger partial charge in [-0.05, 0) is 68.7 Å². The van der Waals surface area contributed by atoms with Gasteiger partial charge >= 0.3 is 5.97 Å². The summed E-state index contributed by atoms with van der Waals surface area (Å²) in [5.41, 5.74) is 3.75. The number of benzene rings is 2. The molecular weight excluding hydrogens is 388 g/mol. The van der Waals surface area contributed by atoms with Crippen LogP contribution in [-0.2, 0) is 16.0 Å². The van der Waals surface area contributed by atoms with E-state index in [1.807, 2.05) is 85.4 Å². The monoisotopic (exact) mass is 416 g/mol. The van der Waals surface area contributed by atoms with Crippen LogP contribution in [0.25, 0.3) is 5.69 Å². The Morgan fingerprint density at radius 2 is 1.65 bits per heavy atom. The van der Waals surface area contributed by atoms with Crippen LogP contribution in [0.5, 0.6) is 0 Å². The van der Waals surface area contributed by atoms with Gasteiger partial charge in [0.1, 0.15) is 5.54 Å². The number of amides is 1. The molecule has 0 aliphatic carbocycles. The van der Waals surface area contributed by atoms with Crippen molar-refractivity contribution in [3.05, 3.63) is 89.2 Å². The molecule has 0 N–H and O–H groups in total. The predicted molar refractivity (Wildman–Crippen MR) is 120 cm³/mol. The molecule has 5 nitrogen and oxygen atoms in total. The van der Waals surface area contributed by atoms with Crippen LogP contribution >= 0.6 is 0 Å². The van der Waals surface area contributed by atoms with Gasteiger partial charge < -0.3 is 14.2 Å². The van der Waals surface area contributed by atoms with E-state index in [1.165, 1.54) is 7.11 Å². The van der Waals surface area contributed by atoms with Crippen molar-refractivity contribution in [1.82, 2.24) is 9.47 Å². The van der Waals surface area contributed by atoms with Crippen LogP contribution in [-0.4, -0.2) is 40.5 Å². The number of hydrogen-bond acceptors (Lipinski definition) is 3. The number of carbonyl (C=O) groups is 2. The number of esters is 1. The minimum Gasteiger partial charge on any atom is -0.467 e. The molecular formula is C26H28N2O3. The molecule has 4 rings (SSSR count). The average molecular weight is 417 g/mol. The van der Waals surface area contributed by atoms with E-state index in [0.717, 1.165) is 28.8 Å². The molecule has 160 valence electrons. The van der Waals surface area contributed by atoms with Crippen LogP contribution in [0.2, 0.25) is 0 Å². The molecule has 1 aliphatic heterocycles. The summed E-state index contributed by atoms with van der Waals surface area (Å²) in [6.45, 7) is 4.50. The van der Waals surface area contributed by atoms with Crippen molar-refractivity contribution in [3.8, 4) is 5.69 Å². The standard InChI is InChI=1S/C26H28N2O3/c1-19-15-20(2)17-22(16-19)24(29)28-14-6-11-26(28,25(30)31-3)18-21-7-9-23(10-8-21)27-12-4-5-13-27/h4-5,7-10,12-13,15-17H,6,11,14,18H2,1-3H3/t26-/m1/s1. The summed E-state index contributed by atoms with van der Waals surface area (Å²) in [6.07, 6.45) is 5.78. The number of aryl methyl sites for hydroxylation is 2. The second-order valence-electron chi connectivity index (χ2n) is 8.39. The van der Waals surface area contributed by atoms with Crippen molar-refractivity contribution in [2.75, 3.05) is 13.7 Å². The molecule has 2 aromatic carbocycles. The third-order valence-corrected chi connectivity index (χ3v) is 6.10. The predicted octanol–water partition coefficient (Wildman–Crippen LogP) is 4.48. The highest BCUT2D eigenvalue weighted by atomic mass is 16.5. The first kappa shape index (κ1) is 20.9. The fraction of sp³-hybridized carbons (Fsp3) is 0.308. The van der Waals surface area contributed by atoms with E-state index in [2.05, 4.69) is 0 Å². The third kappa shape index (κ3) is 4.00. The van der Waals surface area contributed by atoms with E-state index in [-0.39, 0.29) is 11.9 Å². The molecule has 0 unspecified atom stereocenters. The maximum Gasteiger partial charge on any atom is 0.332 e. The zero-order valence-electron chi connectivity index (χ0n) is 18.3. The lowest BCUT2D eigenvalue weighted by atomic mass is 9.87. The van der Waals surface area contributed by atoms with Gasteiger partial charge in [-0.3, -0.25) is 4.79 Å². The largest absolute Gasteiger partial charge is 0.467 e. The minimum absolute atomic E-state index is 0.112. The van der Waals surface area contributed by atoms with Crippen LogP contribution in [0.4, 0.5) is 0 Å². The summed E-state index contributed by atoms with van der Waals surface area (Å²) >= 11 is 0. The van der Waals surface area contributed by atoms with Crippen molar-refractivity contribution in [3.63, 3.8) is 0 Å². The maximum absolute atomic E-state index is 13.5. The number of ether oxygens (including phenoxy) is 1. The summed E-state index contributed by atoms with van der Waals surface area (Å²) in [6, 6.07) is 17.9. The number of hydrogen-bond donors (Lipinski definition) is 0. The molecule has 1 fully saturated rings. The van der Waals surface area contributed by atoms with Crippen LogP contribution in [0.1, 0.15) is 39.9 Å². The van der Waals surface area contributed by atoms with Crippen molar-refractivity contribution >= 4 is 11.9 Å². The number of aromatic nitrogens is 1. The second kappa shape index (κ2) is 8.42. The Bertz CT molecular complexity index is 1070. The van der Waals surface area contributed by atoms with Gasteiger partial charge in [0.25, 0.3) is 5.91 Å². The van der Waals surface area contributed by atoms with Crippen LogP contribution in [0, 0.1) is 13.8 Å². The molecule has 1 saturated heterocycles. The molecule has 1 atom stereocenters. The first-order chi connectivity index (χ1) is 14.9. The van der Waals surface area contributed by atoms with E-state index in [9.17, 15) is 9.59 Å². The molecule has 0 saturated carbocycles. The fourth-order valence-corrected chi connectivity index (χ4v) is 4.72. The molecule has 2 heterocycles. The van der Waals surface area contributed by atoms with Crippen molar-refractivity contribution in [1.29, 1.82) is 0 Å². The lowest BCUT2D eigenvalue weighted by Crippen LogP contribution is -2.55. The average Bonchev–Trinajstić information content (AvgIpc) is 3.43. The van der Waals surface area contributed by atoms with Crippen LogP contribution < -0.4 is 0 Å². The van der Waals surface area contributed by atoms with Gasteiger partial charge in [0, 0.05) is 36.6 Å². The lowest BCUT2D eigenvalue weighted by molar-refractivity contribution is -0.152. The molecule has 5 heteroatoms. The van der Waals surface area contributed by atoms with Crippen molar-refractivity contribution in [2.45, 2.75) is 38.6 Å². The van der Waals surface area contributed by atoms with E-state index in [1.54, 1.807) is 4.90 Å². The quantitative estimate of drug-likeness (QED) is 0.576. The first-order valence-electron chi connectivity index (χ1n) is 10.6. The van der Waals surface area contributed by atoms with Crippen LogP contribution in [0.15, 0.2) is 67.0 Å². The Balaban J connectivity index is 1.66. The SMILES string of the molecule is COC(=O)[C@]1(Cc2ccc(-n3cccc3)cc2)CCCN1C(=O)c1cc(C)cc(C)c1. The normalized spacial score (nSPS) is 18.2. The fourth-order valence-electron chi connectivity index (χ4n) is 4.72. The lowest BCUT2D eigenvalue weighted by Gasteiger charge is -2.36. The Hall–Kier alpha value is -3.34. The van der Waals surface area contributed by atoms with Gasteiger partial charge in [-0.2, -0.15) is 0 Å². The van der Waals surface area contributed by atoms with Gasteiger partial charge in [-0.25, -0.2) is 4.79 Å². The highest BCUT2D eigenvalue weighted by molar-refractivity contribution is 5.99.